The van der Waals surface area contributed by atoms with E-state index in [4.69, 9.17) is 0 Å². The van der Waals surface area contributed by atoms with Gasteiger partial charge in [0.25, 0.3) is 0 Å². The molecule has 0 atom stereocenters. The molecule has 0 radical (unpaired) electrons. The molecule has 0 aliphatic carbocycles. The Kier molecular flexibility index (Phi) is 4.09. The zero-order chi connectivity index (χ0) is 17.3. The van der Waals surface area contributed by atoms with Crippen LogP contribution in [0.5, 0.6) is 0 Å². The summed E-state index contributed by atoms with van der Waals surface area (Å²) in [6, 6.07) is 15.8. The van der Waals surface area contributed by atoms with Gasteiger partial charge in [-0.2, -0.15) is 13.2 Å². The SMILES string of the molecule is Fc1cc(-c2ccccc2)ccc1-c1ccc(C(F)(F)F)c(F)c1. The molecule has 0 aliphatic heterocycles. The molecule has 0 aromatic heterocycles. The van der Waals surface area contributed by atoms with Gasteiger partial charge in [0.2, 0.25) is 0 Å². The normalized spacial score (nSPS) is 11.5. The van der Waals surface area contributed by atoms with Crippen molar-refractivity contribution in [3.05, 3.63) is 83.9 Å². The molecular weight excluding hydrogens is 323 g/mol. The Morgan fingerprint density at radius 3 is 1.79 bits per heavy atom. The van der Waals surface area contributed by atoms with Crippen molar-refractivity contribution in [2.45, 2.75) is 6.18 Å². The number of hydrogen-bond acceptors (Lipinski definition) is 0. The topological polar surface area (TPSA) is 0 Å². The number of halogens is 5. The van der Waals surface area contributed by atoms with Gasteiger partial charge in [0, 0.05) is 5.56 Å². The van der Waals surface area contributed by atoms with Crippen molar-refractivity contribution in [1.82, 2.24) is 0 Å². The van der Waals surface area contributed by atoms with Crippen molar-refractivity contribution in [3.63, 3.8) is 0 Å². The van der Waals surface area contributed by atoms with E-state index in [0.717, 1.165) is 11.6 Å². The fourth-order valence-corrected chi connectivity index (χ4v) is 2.47. The molecule has 0 N–H and O–H groups in total. The second kappa shape index (κ2) is 6.07. The summed E-state index contributed by atoms with van der Waals surface area (Å²) in [5, 5.41) is 0. The van der Waals surface area contributed by atoms with E-state index in [1.807, 2.05) is 30.3 Å². The molecular formula is C19H11F5. The van der Waals surface area contributed by atoms with Gasteiger partial charge in [0.15, 0.2) is 0 Å². The summed E-state index contributed by atoms with van der Waals surface area (Å²) >= 11 is 0. The van der Waals surface area contributed by atoms with Gasteiger partial charge in [-0.05, 0) is 34.9 Å². The number of alkyl halides is 3. The number of benzene rings is 3. The molecule has 24 heavy (non-hydrogen) atoms. The monoisotopic (exact) mass is 334 g/mol. The van der Waals surface area contributed by atoms with E-state index in [1.54, 1.807) is 6.07 Å². The van der Waals surface area contributed by atoms with E-state index in [0.29, 0.717) is 17.7 Å². The van der Waals surface area contributed by atoms with Crippen LogP contribution in [0.15, 0.2) is 66.7 Å². The molecule has 3 aromatic carbocycles. The zero-order valence-electron chi connectivity index (χ0n) is 12.2. The van der Waals surface area contributed by atoms with Gasteiger partial charge >= 0.3 is 6.18 Å². The highest BCUT2D eigenvalue weighted by molar-refractivity contribution is 5.71. The van der Waals surface area contributed by atoms with E-state index < -0.39 is 23.4 Å². The highest BCUT2D eigenvalue weighted by Crippen LogP contribution is 2.34. The first-order valence-electron chi connectivity index (χ1n) is 7.08. The third-order valence-electron chi connectivity index (χ3n) is 3.66. The molecule has 0 heterocycles. The molecule has 0 aliphatic rings. The predicted octanol–water partition coefficient (Wildman–Crippen LogP) is 6.32. The molecule has 0 fully saturated rings. The van der Waals surface area contributed by atoms with Gasteiger partial charge in [-0.15, -0.1) is 0 Å². The lowest BCUT2D eigenvalue weighted by molar-refractivity contribution is -0.139. The van der Waals surface area contributed by atoms with Crippen molar-refractivity contribution < 1.29 is 22.0 Å². The van der Waals surface area contributed by atoms with Crippen LogP contribution in [0.25, 0.3) is 22.3 Å². The van der Waals surface area contributed by atoms with Crippen molar-refractivity contribution in [3.8, 4) is 22.3 Å². The fourth-order valence-electron chi connectivity index (χ4n) is 2.47. The predicted molar refractivity (Wildman–Crippen MR) is 82.2 cm³/mol. The first-order valence-corrected chi connectivity index (χ1v) is 7.08. The van der Waals surface area contributed by atoms with Gasteiger partial charge in [-0.1, -0.05) is 48.5 Å². The van der Waals surface area contributed by atoms with Crippen LogP contribution in [0.2, 0.25) is 0 Å². The third-order valence-corrected chi connectivity index (χ3v) is 3.66. The first-order chi connectivity index (χ1) is 11.4. The minimum absolute atomic E-state index is 0.0438. The Morgan fingerprint density at radius 1 is 0.583 bits per heavy atom. The lowest BCUT2D eigenvalue weighted by atomic mass is 9.98. The lowest BCUT2D eigenvalue weighted by Crippen LogP contribution is -2.07. The van der Waals surface area contributed by atoms with Crippen LogP contribution in [0.1, 0.15) is 5.56 Å². The van der Waals surface area contributed by atoms with Crippen LogP contribution in [-0.2, 0) is 6.18 Å². The molecule has 0 bridgehead atoms. The summed E-state index contributed by atoms with van der Waals surface area (Å²) in [5.41, 5.74) is 0.165. The molecule has 0 spiro atoms. The minimum Gasteiger partial charge on any atom is -0.206 e. The summed E-state index contributed by atoms with van der Waals surface area (Å²) in [6.07, 6.45) is -4.78. The first kappa shape index (κ1) is 16.2. The number of hydrogen-bond donors (Lipinski definition) is 0. The van der Waals surface area contributed by atoms with Crippen molar-refractivity contribution in [1.29, 1.82) is 0 Å². The van der Waals surface area contributed by atoms with Crippen molar-refractivity contribution in [2.24, 2.45) is 0 Å². The van der Waals surface area contributed by atoms with Crippen LogP contribution in [0, 0.1) is 11.6 Å². The molecule has 0 saturated carbocycles. The van der Waals surface area contributed by atoms with E-state index >= 15 is 0 Å². The van der Waals surface area contributed by atoms with E-state index in [-0.39, 0.29) is 11.1 Å². The zero-order valence-corrected chi connectivity index (χ0v) is 12.2. The summed E-state index contributed by atoms with van der Waals surface area (Å²) in [7, 11) is 0. The van der Waals surface area contributed by atoms with Crippen LogP contribution < -0.4 is 0 Å². The summed E-state index contributed by atoms with van der Waals surface area (Å²) < 4.78 is 65.8. The molecule has 0 saturated heterocycles. The molecule has 122 valence electrons. The maximum Gasteiger partial charge on any atom is 0.419 e. The molecule has 3 aromatic rings. The Balaban J connectivity index is 2.00. The van der Waals surface area contributed by atoms with Crippen LogP contribution in [-0.4, -0.2) is 0 Å². The van der Waals surface area contributed by atoms with Gasteiger partial charge in [-0.25, -0.2) is 8.78 Å². The van der Waals surface area contributed by atoms with E-state index in [1.165, 1.54) is 12.1 Å². The summed E-state index contributed by atoms with van der Waals surface area (Å²) in [5.74, 6) is -2.05. The summed E-state index contributed by atoms with van der Waals surface area (Å²) in [4.78, 5) is 0. The second-order valence-corrected chi connectivity index (χ2v) is 5.25. The summed E-state index contributed by atoms with van der Waals surface area (Å²) in [6.45, 7) is 0. The smallest absolute Gasteiger partial charge is 0.206 e. The average molecular weight is 334 g/mol. The quantitative estimate of drug-likeness (QED) is 0.481. The third kappa shape index (κ3) is 3.15. The van der Waals surface area contributed by atoms with Crippen LogP contribution >= 0.6 is 0 Å². The maximum absolute atomic E-state index is 14.3. The van der Waals surface area contributed by atoms with Gasteiger partial charge < -0.3 is 0 Å². The number of rotatable bonds is 2. The highest BCUT2D eigenvalue weighted by Gasteiger charge is 2.34. The molecule has 0 unspecified atom stereocenters. The van der Waals surface area contributed by atoms with Crippen molar-refractivity contribution in [2.75, 3.05) is 0 Å². The van der Waals surface area contributed by atoms with Crippen molar-refractivity contribution >= 4 is 0 Å². The molecule has 0 amide bonds. The van der Waals surface area contributed by atoms with Gasteiger partial charge in [0.1, 0.15) is 11.6 Å². The second-order valence-electron chi connectivity index (χ2n) is 5.25. The highest BCUT2D eigenvalue weighted by atomic mass is 19.4. The Bertz CT molecular complexity index is 867. The largest absolute Gasteiger partial charge is 0.419 e. The fraction of sp³-hybridized carbons (Fsp3) is 0.0526. The van der Waals surface area contributed by atoms with Crippen LogP contribution in [0.4, 0.5) is 22.0 Å². The Hall–Kier alpha value is -2.69. The maximum atomic E-state index is 14.3. The lowest BCUT2D eigenvalue weighted by Gasteiger charge is -2.11. The average Bonchev–Trinajstić information content (AvgIpc) is 2.54. The van der Waals surface area contributed by atoms with Gasteiger partial charge in [0.05, 0.1) is 5.56 Å². The molecule has 0 nitrogen and oxygen atoms in total. The standard InChI is InChI=1S/C19H11F5/c20-17-10-13(12-4-2-1-3-5-12)6-8-15(17)14-7-9-16(18(21)11-14)19(22,23)24/h1-11H. The molecule has 3 rings (SSSR count). The van der Waals surface area contributed by atoms with Gasteiger partial charge in [-0.3, -0.25) is 0 Å². The Morgan fingerprint density at radius 2 is 1.21 bits per heavy atom. The molecule has 5 heteroatoms. The van der Waals surface area contributed by atoms with E-state index in [9.17, 15) is 22.0 Å². The Labute approximate surface area is 135 Å². The minimum atomic E-state index is -4.78. The van der Waals surface area contributed by atoms with E-state index in [2.05, 4.69) is 0 Å². The van der Waals surface area contributed by atoms with Crippen LogP contribution in [0.3, 0.4) is 0 Å².